The summed E-state index contributed by atoms with van der Waals surface area (Å²) in [5.74, 6) is -0.818. The number of benzene rings is 2. The van der Waals surface area contributed by atoms with Crippen LogP contribution < -0.4 is 5.32 Å². The molecule has 0 atom stereocenters. The molecule has 154 valence electrons. The fraction of sp³-hybridized carbons (Fsp3) is 0.375. The minimum absolute atomic E-state index is 0.0538. The van der Waals surface area contributed by atoms with Crippen LogP contribution in [-0.4, -0.2) is 24.3 Å². The highest BCUT2D eigenvalue weighted by Crippen LogP contribution is 2.27. The molecule has 0 heterocycles. The van der Waals surface area contributed by atoms with Gasteiger partial charge in [0.25, 0.3) is 5.91 Å². The molecular weight excluding hydrogens is 366 g/mol. The zero-order valence-corrected chi connectivity index (χ0v) is 17.8. The van der Waals surface area contributed by atoms with Crippen LogP contribution >= 0.6 is 0 Å². The van der Waals surface area contributed by atoms with E-state index in [0.29, 0.717) is 5.56 Å². The van der Waals surface area contributed by atoms with Crippen molar-refractivity contribution in [2.45, 2.75) is 53.4 Å². The molecule has 0 fully saturated rings. The minimum Gasteiger partial charge on any atom is -0.456 e. The van der Waals surface area contributed by atoms with Crippen LogP contribution in [0.1, 0.15) is 65.2 Å². The van der Waals surface area contributed by atoms with Crippen molar-refractivity contribution >= 4 is 23.3 Å². The highest BCUT2D eigenvalue weighted by atomic mass is 16.5. The summed E-state index contributed by atoms with van der Waals surface area (Å²) in [6.45, 7) is 9.58. The topological polar surface area (TPSA) is 72.5 Å². The fourth-order valence-corrected chi connectivity index (χ4v) is 3.01. The molecule has 0 saturated carbocycles. The Kier molecular flexibility index (Phi) is 7.71. The Morgan fingerprint density at radius 3 is 2.31 bits per heavy atom. The molecule has 0 aromatic heterocycles. The first-order chi connectivity index (χ1) is 13.7. The highest BCUT2D eigenvalue weighted by Gasteiger charge is 2.15. The van der Waals surface area contributed by atoms with Crippen LogP contribution in [0.25, 0.3) is 0 Å². The molecule has 0 radical (unpaired) electrons. The maximum absolute atomic E-state index is 12.2. The number of ketones is 1. The average molecular weight is 395 g/mol. The van der Waals surface area contributed by atoms with E-state index in [9.17, 15) is 14.4 Å². The van der Waals surface area contributed by atoms with Crippen molar-refractivity contribution in [3.05, 3.63) is 64.2 Å². The summed E-state index contributed by atoms with van der Waals surface area (Å²) in [4.78, 5) is 36.4. The molecule has 2 aromatic carbocycles. The molecule has 0 unspecified atom stereocenters. The second-order valence-electron chi connectivity index (χ2n) is 7.62. The summed E-state index contributed by atoms with van der Waals surface area (Å²) < 4.78 is 5.04. The molecule has 5 nitrogen and oxygen atoms in total. The monoisotopic (exact) mass is 395 g/mol. The Morgan fingerprint density at radius 1 is 0.931 bits per heavy atom. The molecule has 0 bridgehead atoms. The van der Waals surface area contributed by atoms with Crippen LogP contribution in [0.2, 0.25) is 0 Å². The van der Waals surface area contributed by atoms with E-state index in [2.05, 4.69) is 19.2 Å². The third-order valence-electron chi connectivity index (χ3n) is 4.94. The van der Waals surface area contributed by atoms with Crippen molar-refractivity contribution in [2.75, 3.05) is 11.9 Å². The van der Waals surface area contributed by atoms with Crippen LogP contribution in [-0.2, 0) is 14.3 Å². The zero-order chi connectivity index (χ0) is 21.6. The lowest BCUT2D eigenvalue weighted by atomic mass is 9.98. The van der Waals surface area contributed by atoms with E-state index in [1.807, 2.05) is 51.1 Å². The molecule has 1 N–H and O–H groups in total. The van der Waals surface area contributed by atoms with Crippen molar-refractivity contribution in [1.82, 2.24) is 0 Å². The standard InChI is InChI=1S/C24H29NO4/c1-15(2)20-8-6-7-17(4)24(20)25-22(27)14-29-23(28)12-11-21(26)19-10-9-16(3)18(5)13-19/h6-10,13,15H,11-12,14H2,1-5H3,(H,25,27). The number of esters is 1. The molecule has 29 heavy (non-hydrogen) atoms. The quantitative estimate of drug-likeness (QED) is 0.511. The Bertz CT molecular complexity index is 915. The first-order valence-electron chi connectivity index (χ1n) is 9.84. The van der Waals surface area contributed by atoms with Gasteiger partial charge in [-0.2, -0.15) is 0 Å². The van der Waals surface area contributed by atoms with Crippen molar-refractivity contribution in [2.24, 2.45) is 0 Å². The zero-order valence-electron chi connectivity index (χ0n) is 17.8. The van der Waals surface area contributed by atoms with Gasteiger partial charge in [0.15, 0.2) is 12.4 Å². The van der Waals surface area contributed by atoms with Gasteiger partial charge >= 0.3 is 5.97 Å². The third kappa shape index (κ3) is 6.28. The third-order valence-corrected chi connectivity index (χ3v) is 4.94. The number of hydrogen-bond donors (Lipinski definition) is 1. The van der Waals surface area contributed by atoms with Gasteiger partial charge < -0.3 is 10.1 Å². The maximum Gasteiger partial charge on any atom is 0.306 e. The van der Waals surface area contributed by atoms with Gasteiger partial charge in [0.05, 0.1) is 6.42 Å². The number of rotatable bonds is 8. The van der Waals surface area contributed by atoms with E-state index in [1.165, 1.54) is 0 Å². The normalized spacial score (nSPS) is 10.7. The Labute approximate surface area is 172 Å². The van der Waals surface area contributed by atoms with E-state index in [-0.39, 0.29) is 31.1 Å². The first-order valence-corrected chi connectivity index (χ1v) is 9.84. The lowest BCUT2D eigenvalue weighted by Crippen LogP contribution is -2.22. The second kappa shape index (κ2) is 10.0. The SMILES string of the molecule is Cc1ccc(C(=O)CCC(=O)OCC(=O)Nc2c(C)cccc2C(C)C)cc1C. The van der Waals surface area contributed by atoms with Crippen LogP contribution in [0.4, 0.5) is 5.69 Å². The molecule has 1 amide bonds. The molecule has 0 aliphatic carbocycles. The van der Waals surface area contributed by atoms with Crippen LogP contribution in [0, 0.1) is 20.8 Å². The molecule has 0 saturated heterocycles. The molecule has 0 aliphatic heterocycles. The van der Waals surface area contributed by atoms with Crippen molar-refractivity contribution in [3.8, 4) is 0 Å². The number of carbonyl (C=O) groups excluding carboxylic acids is 3. The number of para-hydroxylation sites is 1. The van der Waals surface area contributed by atoms with E-state index in [4.69, 9.17) is 4.74 Å². The number of aryl methyl sites for hydroxylation is 3. The van der Waals surface area contributed by atoms with E-state index < -0.39 is 11.9 Å². The maximum atomic E-state index is 12.2. The lowest BCUT2D eigenvalue weighted by Gasteiger charge is -2.16. The number of Topliss-reactive ketones (excluding diaryl/α,β-unsaturated/α-hetero) is 1. The smallest absolute Gasteiger partial charge is 0.306 e. The van der Waals surface area contributed by atoms with Gasteiger partial charge in [0.1, 0.15) is 0 Å². The largest absolute Gasteiger partial charge is 0.456 e. The van der Waals surface area contributed by atoms with Gasteiger partial charge in [-0.05, 0) is 55.0 Å². The van der Waals surface area contributed by atoms with Crippen molar-refractivity contribution < 1.29 is 19.1 Å². The lowest BCUT2D eigenvalue weighted by molar-refractivity contribution is -0.147. The van der Waals surface area contributed by atoms with Crippen molar-refractivity contribution in [3.63, 3.8) is 0 Å². The predicted molar refractivity (Wildman–Crippen MR) is 114 cm³/mol. The van der Waals surface area contributed by atoms with E-state index in [1.54, 1.807) is 6.07 Å². The molecule has 0 aliphatic rings. The van der Waals surface area contributed by atoms with Gasteiger partial charge in [-0.25, -0.2) is 0 Å². The van der Waals surface area contributed by atoms with E-state index >= 15 is 0 Å². The Hall–Kier alpha value is -2.95. The van der Waals surface area contributed by atoms with Gasteiger partial charge in [-0.1, -0.05) is 44.2 Å². The summed E-state index contributed by atoms with van der Waals surface area (Å²) in [7, 11) is 0. The van der Waals surface area contributed by atoms with Gasteiger partial charge in [0, 0.05) is 17.7 Å². The summed E-state index contributed by atoms with van der Waals surface area (Å²) in [5.41, 5.74) is 5.47. The Balaban J connectivity index is 1.84. The number of anilines is 1. The number of hydrogen-bond acceptors (Lipinski definition) is 4. The van der Waals surface area contributed by atoms with Crippen molar-refractivity contribution in [1.29, 1.82) is 0 Å². The Morgan fingerprint density at radius 2 is 1.66 bits per heavy atom. The summed E-state index contributed by atoms with van der Waals surface area (Å²) in [5, 5.41) is 2.83. The number of nitrogens with one attached hydrogen (secondary N) is 1. The highest BCUT2D eigenvalue weighted by molar-refractivity contribution is 5.98. The minimum atomic E-state index is -0.564. The predicted octanol–water partition coefficient (Wildman–Crippen LogP) is 4.88. The molecule has 2 aromatic rings. The molecule has 5 heteroatoms. The van der Waals surface area contributed by atoms with Gasteiger partial charge in [0.2, 0.25) is 0 Å². The number of ether oxygens (including phenoxy) is 1. The average Bonchev–Trinajstić information content (AvgIpc) is 2.67. The van der Waals surface area contributed by atoms with Gasteiger partial charge in [-0.15, -0.1) is 0 Å². The number of carbonyl (C=O) groups is 3. The number of amides is 1. The van der Waals surface area contributed by atoms with Crippen LogP contribution in [0.3, 0.4) is 0 Å². The molecule has 0 spiro atoms. The summed E-state index contributed by atoms with van der Waals surface area (Å²) >= 11 is 0. The van der Waals surface area contributed by atoms with Crippen LogP contribution in [0.15, 0.2) is 36.4 Å². The first kappa shape index (κ1) is 22.3. The second-order valence-corrected chi connectivity index (χ2v) is 7.62. The summed E-state index contributed by atoms with van der Waals surface area (Å²) in [6, 6.07) is 11.3. The van der Waals surface area contributed by atoms with Gasteiger partial charge in [-0.3, -0.25) is 14.4 Å². The molecular formula is C24H29NO4. The van der Waals surface area contributed by atoms with Crippen LogP contribution in [0.5, 0.6) is 0 Å². The summed E-state index contributed by atoms with van der Waals surface area (Å²) in [6.07, 6.45) is -0.00110. The fourth-order valence-electron chi connectivity index (χ4n) is 3.01. The van der Waals surface area contributed by atoms with E-state index in [0.717, 1.165) is 27.9 Å². The molecule has 2 rings (SSSR count).